The number of aromatic nitrogens is 2. The Morgan fingerprint density at radius 3 is 2.17 bits per heavy atom. The highest BCUT2D eigenvalue weighted by Gasteiger charge is 2.25. The highest BCUT2D eigenvalue weighted by atomic mass is 16.6. The molecule has 1 heterocycles. The first kappa shape index (κ1) is 20.5. The van der Waals surface area contributed by atoms with Gasteiger partial charge < -0.3 is 15.4 Å². The van der Waals surface area contributed by atoms with E-state index in [0.717, 1.165) is 10.9 Å². The highest BCUT2D eigenvalue weighted by Crippen LogP contribution is 2.20. The van der Waals surface area contributed by atoms with E-state index in [2.05, 4.69) is 15.7 Å². The molecule has 0 bridgehead atoms. The molecular formula is C20H19N5O5. The van der Waals surface area contributed by atoms with E-state index in [1.54, 1.807) is 24.3 Å². The molecule has 2 N–H and O–H groups in total. The first-order valence-electron chi connectivity index (χ1n) is 9.01. The third kappa shape index (κ3) is 4.61. The molecule has 10 heteroatoms. The Balaban J connectivity index is 1.66. The molecule has 10 nitrogen and oxygen atoms in total. The van der Waals surface area contributed by atoms with Crippen LogP contribution in [0.4, 0.5) is 17.1 Å². The van der Waals surface area contributed by atoms with Gasteiger partial charge in [-0.2, -0.15) is 5.10 Å². The summed E-state index contributed by atoms with van der Waals surface area (Å²) < 4.78 is 6.49. The van der Waals surface area contributed by atoms with Gasteiger partial charge in [0.05, 0.1) is 11.5 Å². The molecule has 2 aromatic carbocycles. The van der Waals surface area contributed by atoms with Crippen LogP contribution in [0, 0.1) is 10.1 Å². The number of rotatable bonds is 7. The van der Waals surface area contributed by atoms with Gasteiger partial charge in [0.15, 0.2) is 0 Å². The monoisotopic (exact) mass is 409 g/mol. The first-order chi connectivity index (χ1) is 14.4. The fourth-order valence-electron chi connectivity index (χ4n) is 2.72. The first-order valence-corrected chi connectivity index (χ1v) is 9.01. The van der Waals surface area contributed by atoms with E-state index in [1.807, 2.05) is 6.92 Å². The van der Waals surface area contributed by atoms with Crippen molar-refractivity contribution in [3.05, 3.63) is 76.1 Å². The van der Waals surface area contributed by atoms with E-state index < -0.39 is 10.8 Å². The lowest BCUT2D eigenvalue weighted by atomic mass is 10.2. The quantitative estimate of drug-likeness (QED) is 0.455. The second kappa shape index (κ2) is 8.86. The minimum absolute atomic E-state index is 0.169. The molecule has 0 unspecified atom stereocenters. The van der Waals surface area contributed by atoms with Crippen molar-refractivity contribution < 1.29 is 19.2 Å². The maximum Gasteiger partial charge on any atom is 0.320 e. The van der Waals surface area contributed by atoms with Crippen LogP contribution in [0.5, 0.6) is 5.75 Å². The molecule has 0 aliphatic carbocycles. The van der Waals surface area contributed by atoms with Crippen LogP contribution >= 0.6 is 0 Å². The number of amides is 2. The number of nitro groups is 1. The molecule has 0 spiro atoms. The van der Waals surface area contributed by atoms with Gasteiger partial charge in [-0.25, -0.2) is 0 Å². The molecule has 0 fully saturated rings. The van der Waals surface area contributed by atoms with Gasteiger partial charge in [-0.05, 0) is 55.5 Å². The fourth-order valence-corrected chi connectivity index (χ4v) is 2.72. The Morgan fingerprint density at radius 2 is 1.60 bits per heavy atom. The third-order valence-electron chi connectivity index (χ3n) is 4.16. The fraction of sp³-hybridized carbons (Fsp3) is 0.150. The van der Waals surface area contributed by atoms with Crippen molar-refractivity contribution in [1.29, 1.82) is 0 Å². The zero-order valence-corrected chi connectivity index (χ0v) is 16.3. The van der Waals surface area contributed by atoms with Gasteiger partial charge in [-0.3, -0.25) is 24.4 Å². The van der Waals surface area contributed by atoms with Gasteiger partial charge in [-0.1, -0.05) is 0 Å². The topological polar surface area (TPSA) is 128 Å². The number of anilines is 2. The van der Waals surface area contributed by atoms with E-state index >= 15 is 0 Å². The molecule has 0 radical (unpaired) electrons. The molecule has 0 aliphatic rings. The largest absolute Gasteiger partial charge is 0.494 e. The maximum absolute atomic E-state index is 12.4. The summed E-state index contributed by atoms with van der Waals surface area (Å²) in [7, 11) is 1.44. The average molecular weight is 409 g/mol. The summed E-state index contributed by atoms with van der Waals surface area (Å²) in [5, 5.41) is 20.1. The summed E-state index contributed by atoms with van der Waals surface area (Å²) in [6.45, 7) is 2.45. The molecule has 0 saturated carbocycles. The minimum Gasteiger partial charge on any atom is -0.494 e. The zero-order chi connectivity index (χ0) is 21.7. The summed E-state index contributed by atoms with van der Waals surface area (Å²) in [5.74, 6) is -0.281. The van der Waals surface area contributed by atoms with Crippen LogP contribution in [0.3, 0.4) is 0 Å². The predicted octanol–water partition coefficient (Wildman–Crippen LogP) is 3.23. The van der Waals surface area contributed by atoms with Gasteiger partial charge in [0, 0.05) is 24.0 Å². The van der Waals surface area contributed by atoms with Crippen molar-refractivity contribution in [3.63, 3.8) is 0 Å². The van der Waals surface area contributed by atoms with Crippen LogP contribution in [0.2, 0.25) is 0 Å². The van der Waals surface area contributed by atoms with Crippen LogP contribution in [-0.4, -0.2) is 33.1 Å². The SMILES string of the molecule is CCOc1ccc(NC(=O)c2ccc(NC(=O)c3c([N+](=O)[O-])cnn3C)cc2)cc1. The average Bonchev–Trinajstić information content (AvgIpc) is 3.12. The number of carbonyl (C=O) groups excluding carboxylic acids is 2. The lowest BCUT2D eigenvalue weighted by molar-refractivity contribution is -0.385. The molecule has 2 amide bonds. The number of nitrogens with zero attached hydrogens (tertiary/aromatic N) is 3. The summed E-state index contributed by atoms with van der Waals surface area (Å²) in [6.07, 6.45) is 1.02. The summed E-state index contributed by atoms with van der Waals surface area (Å²) in [5.41, 5.74) is 0.824. The van der Waals surface area contributed by atoms with Crippen LogP contribution in [0.1, 0.15) is 27.8 Å². The lowest BCUT2D eigenvalue weighted by Crippen LogP contribution is -2.18. The lowest BCUT2D eigenvalue weighted by Gasteiger charge is -2.09. The summed E-state index contributed by atoms with van der Waals surface area (Å²) >= 11 is 0. The Labute approximate surface area is 171 Å². The zero-order valence-electron chi connectivity index (χ0n) is 16.3. The van der Waals surface area contributed by atoms with Crippen LogP contribution in [0.15, 0.2) is 54.7 Å². The molecule has 0 saturated heterocycles. The van der Waals surface area contributed by atoms with Gasteiger partial charge in [0.1, 0.15) is 11.9 Å². The van der Waals surface area contributed by atoms with Crippen LogP contribution in [0.25, 0.3) is 0 Å². The van der Waals surface area contributed by atoms with Crippen LogP contribution < -0.4 is 15.4 Å². The smallest absolute Gasteiger partial charge is 0.320 e. The van der Waals surface area contributed by atoms with E-state index in [9.17, 15) is 19.7 Å². The number of ether oxygens (including phenoxy) is 1. The van der Waals surface area contributed by atoms with Gasteiger partial charge in [-0.15, -0.1) is 0 Å². The van der Waals surface area contributed by atoms with E-state index in [-0.39, 0.29) is 17.3 Å². The van der Waals surface area contributed by atoms with Crippen molar-refractivity contribution in [2.75, 3.05) is 17.2 Å². The van der Waals surface area contributed by atoms with E-state index in [0.29, 0.717) is 29.3 Å². The van der Waals surface area contributed by atoms with Gasteiger partial charge in [0.2, 0.25) is 5.69 Å². The Kier molecular flexibility index (Phi) is 6.06. The Hall–Kier alpha value is -4.21. The Bertz CT molecular complexity index is 1070. The third-order valence-corrected chi connectivity index (χ3v) is 4.16. The van der Waals surface area contributed by atoms with Gasteiger partial charge >= 0.3 is 5.69 Å². The van der Waals surface area contributed by atoms with Crippen molar-refractivity contribution in [3.8, 4) is 5.75 Å². The predicted molar refractivity (Wildman–Crippen MR) is 110 cm³/mol. The standard InChI is InChI=1S/C20H19N5O5/c1-3-30-16-10-8-15(9-11-16)22-19(26)13-4-6-14(7-5-13)23-20(27)18-17(25(28)29)12-21-24(18)2/h4-12H,3H2,1-2H3,(H,22,26)(H,23,27). The number of hydrogen-bond acceptors (Lipinski definition) is 6. The second-order valence-electron chi connectivity index (χ2n) is 6.20. The Morgan fingerprint density at radius 1 is 1.03 bits per heavy atom. The molecule has 0 aliphatic heterocycles. The maximum atomic E-state index is 12.4. The summed E-state index contributed by atoms with van der Waals surface area (Å²) in [6, 6.07) is 13.1. The van der Waals surface area contributed by atoms with Crippen molar-refractivity contribution >= 4 is 28.9 Å². The number of nitrogens with one attached hydrogen (secondary N) is 2. The van der Waals surface area contributed by atoms with Crippen LogP contribution in [-0.2, 0) is 7.05 Å². The normalized spacial score (nSPS) is 10.3. The summed E-state index contributed by atoms with van der Waals surface area (Å²) in [4.78, 5) is 35.1. The second-order valence-corrected chi connectivity index (χ2v) is 6.20. The molecule has 1 aromatic heterocycles. The van der Waals surface area contributed by atoms with Crippen molar-refractivity contribution in [2.24, 2.45) is 7.05 Å². The molecular weight excluding hydrogens is 390 g/mol. The number of aryl methyl sites for hydroxylation is 1. The number of benzene rings is 2. The van der Waals surface area contributed by atoms with E-state index in [1.165, 1.54) is 31.3 Å². The number of hydrogen-bond donors (Lipinski definition) is 2. The molecule has 3 rings (SSSR count). The molecule has 3 aromatic rings. The van der Waals surface area contributed by atoms with Crippen molar-refractivity contribution in [2.45, 2.75) is 6.92 Å². The minimum atomic E-state index is -0.673. The number of carbonyl (C=O) groups is 2. The van der Waals surface area contributed by atoms with E-state index in [4.69, 9.17) is 4.74 Å². The molecule has 154 valence electrons. The molecule has 30 heavy (non-hydrogen) atoms. The molecule has 0 atom stereocenters. The van der Waals surface area contributed by atoms with Gasteiger partial charge in [0.25, 0.3) is 11.8 Å². The highest BCUT2D eigenvalue weighted by molar-refractivity contribution is 6.07. The van der Waals surface area contributed by atoms with Crippen molar-refractivity contribution in [1.82, 2.24) is 9.78 Å².